The Kier molecular flexibility index (Phi) is 35.4. The molecule has 0 aliphatic carbocycles. The van der Waals surface area contributed by atoms with Gasteiger partial charge in [0.05, 0.1) is 25.4 Å². The molecule has 350 valence electrons. The largest absolute Gasteiger partial charge is 0.397 e. The molecule has 59 heavy (non-hydrogen) atoms. The van der Waals surface area contributed by atoms with E-state index < -0.39 is 59.9 Å². The number of carbonyl (C=O) groups is 1. The SMILES string of the molecule is CCCCCCCCCCCCC/C=C/C(O)C(CO[C@@H]1O[C@H](CO)[C@H](O)C(OS(=O)(=O)O)C1O)NC(=O)CCCCCCCCCCCCCCCCCCCCC. The highest BCUT2D eigenvalue weighted by atomic mass is 32.3. The van der Waals surface area contributed by atoms with E-state index in [9.17, 15) is 38.2 Å². The van der Waals surface area contributed by atoms with E-state index in [1.165, 1.54) is 154 Å². The first-order valence-corrected chi connectivity index (χ1v) is 25.4. The Bertz CT molecular complexity index is 1110. The second kappa shape index (κ2) is 37.4. The number of amides is 1. The summed E-state index contributed by atoms with van der Waals surface area (Å²) in [6.07, 6.45) is 32.5. The van der Waals surface area contributed by atoms with Crippen molar-refractivity contribution in [2.24, 2.45) is 0 Å². The zero-order valence-electron chi connectivity index (χ0n) is 37.3. The summed E-state index contributed by atoms with van der Waals surface area (Å²) in [7, 11) is -5.08. The highest BCUT2D eigenvalue weighted by Gasteiger charge is 2.48. The van der Waals surface area contributed by atoms with Crippen LogP contribution in [0.4, 0.5) is 0 Å². The van der Waals surface area contributed by atoms with Crippen molar-refractivity contribution in [1.29, 1.82) is 0 Å². The molecule has 7 atom stereocenters. The molecule has 0 aromatic rings. The van der Waals surface area contributed by atoms with E-state index in [0.29, 0.717) is 6.42 Å². The summed E-state index contributed by atoms with van der Waals surface area (Å²) >= 11 is 0. The van der Waals surface area contributed by atoms with Crippen molar-refractivity contribution in [3.05, 3.63) is 12.2 Å². The van der Waals surface area contributed by atoms with E-state index >= 15 is 0 Å². The summed E-state index contributed by atoms with van der Waals surface area (Å²) in [5.41, 5.74) is 0. The van der Waals surface area contributed by atoms with Crippen LogP contribution in [0.1, 0.15) is 219 Å². The molecule has 4 unspecified atom stereocenters. The Labute approximate surface area is 360 Å². The molecule has 1 amide bonds. The van der Waals surface area contributed by atoms with Crippen LogP contribution in [-0.2, 0) is 28.9 Å². The Balaban J connectivity index is 2.47. The number of unbranched alkanes of at least 4 members (excludes halogenated alkanes) is 29. The van der Waals surface area contributed by atoms with Crippen molar-refractivity contribution in [2.45, 2.75) is 262 Å². The molecule has 1 aliphatic heterocycles. The van der Waals surface area contributed by atoms with Crippen molar-refractivity contribution in [3.8, 4) is 0 Å². The van der Waals surface area contributed by atoms with Gasteiger partial charge in [0.25, 0.3) is 0 Å². The lowest BCUT2D eigenvalue weighted by atomic mass is 9.99. The number of allylic oxidation sites excluding steroid dienone is 1. The summed E-state index contributed by atoms with van der Waals surface area (Å²) in [5.74, 6) is -0.260. The summed E-state index contributed by atoms with van der Waals surface area (Å²) in [5, 5.41) is 44.7. The molecular formula is C46H89NO11S. The zero-order valence-corrected chi connectivity index (χ0v) is 38.1. The van der Waals surface area contributed by atoms with Crippen LogP contribution in [0.15, 0.2) is 12.2 Å². The molecule has 1 aliphatic rings. The monoisotopic (exact) mass is 864 g/mol. The fraction of sp³-hybridized carbons (Fsp3) is 0.935. The summed E-state index contributed by atoms with van der Waals surface area (Å²) in [6.45, 7) is 3.39. The van der Waals surface area contributed by atoms with Crippen LogP contribution in [0.25, 0.3) is 0 Å². The van der Waals surface area contributed by atoms with Gasteiger partial charge < -0.3 is 35.2 Å². The second-order valence-electron chi connectivity index (χ2n) is 17.1. The number of hydrogen-bond acceptors (Lipinski definition) is 10. The maximum absolute atomic E-state index is 13.0. The van der Waals surface area contributed by atoms with E-state index in [2.05, 4.69) is 23.3 Å². The predicted molar refractivity (Wildman–Crippen MR) is 236 cm³/mol. The molecule has 1 fully saturated rings. The van der Waals surface area contributed by atoms with E-state index in [1.807, 2.05) is 6.08 Å². The molecular weight excluding hydrogens is 775 g/mol. The van der Waals surface area contributed by atoms with Gasteiger partial charge in [0.15, 0.2) is 6.29 Å². The smallest absolute Gasteiger partial charge is 0.394 e. The quantitative estimate of drug-likeness (QED) is 0.0195. The number of ether oxygens (including phenoxy) is 2. The molecule has 1 rings (SSSR count). The number of hydrogen-bond donors (Lipinski definition) is 6. The van der Waals surface area contributed by atoms with Gasteiger partial charge in [0, 0.05) is 6.42 Å². The van der Waals surface area contributed by atoms with Crippen molar-refractivity contribution in [2.75, 3.05) is 13.2 Å². The Hall–Kier alpha value is -1.16. The zero-order chi connectivity index (χ0) is 43.4. The molecule has 0 aromatic heterocycles. The standard InChI is InChI=1S/C46H89NO11S/c1-3-5-7-9-11-13-15-17-18-19-20-21-22-24-26-28-30-32-34-36-42(50)47-39(40(49)35-33-31-29-27-25-23-16-14-12-10-8-6-4-2)38-56-46-44(52)45(58-59(53,54)55)43(51)41(37-48)57-46/h33,35,39-41,43-46,48-49,51-52H,3-32,34,36-38H2,1-2H3,(H,47,50)(H,53,54,55)/b35-33+/t39?,40?,41-,43+,44?,45?,46-/m1/s1. The number of nitrogens with one attached hydrogen (secondary N) is 1. The number of aliphatic hydroxyl groups excluding tert-OH is 4. The van der Waals surface area contributed by atoms with Crippen LogP contribution in [0, 0.1) is 0 Å². The molecule has 0 bridgehead atoms. The average molecular weight is 864 g/mol. The molecule has 0 spiro atoms. The van der Waals surface area contributed by atoms with Gasteiger partial charge >= 0.3 is 10.4 Å². The van der Waals surface area contributed by atoms with Crippen molar-refractivity contribution in [3.63, 3.8) is 0 Å². The van der Waals surface area contributed by atoms with E-state index in [-0.39, 0.29) is 18.9 Å². The minimum Gasteiger partial charge on any atom is -0.394 e. The topological polar surface area (TPSA) is 192 Å². The molecule has 0 radical (unpaired) electrons. The Morgan fingerprint density at radius 2 is 1.07 bits per heavy atom. The lowest BCUT2D eigenvalue weighted by Crippen LogP contribution is -2.61. The fourth-order valence-corrected chi connectivity index (χ4v) is 8.32. The third-order valence-corrected chi connectivity index (χ3v) is 12.0. The van der Waals surface area contributed by atoms with Gasteiger partial charge in [0.1, 0.15) is 24.4 Å². The highest BCUT2D eigenvalue weighted by Crippen LogP contribution is 2.26. The third-order valence-electron chi connectivity index (χ3n) is 11.6. The highest BCUT2D eigenvalue weighted by molar-refractivity contribution is 7.80. The molecule has 1 saturated heterocycles. The van der Waals surface area contributed by atoms with E-state index in [4.69, 9.17) is 9.47 Å². The molecule has 13 heteroatoms. The minimum atomic E-state index is -5.08. The van der Waals surface area contributed by atoms with Crippen LogP contribution < -0.4 is 5.32 Å². The molecule has 0 aromatic carbocycles. The Morgan fingerprint density at radius 3 is 1.47 bits per heavy atom. The Morgan fingerprint density at radius 1 is 0.661 bits per heavy atom. The van der Waals surface area contributed by atoms with Crippen LogP contribution >= 0.6 is 0 Å². The maximum Gasteiger partial charge on any atom is 0.397 e. The maximum atomic E-state index is 13.0. The van der Waals surface area contributed by atoms with Gasteiger partial charge in [-0.2, -0.15) is 8.42 Å². The first-order valence-electron chi connectivity index (χ1n) is 24.1. The summed E-state index contributed by atoms with van der Waals surface area (Å²) in [6, 6.07) is -0.937. The summed E-state index contributed by atoms with van der Waals surface area (Å²) in [4.78, 5) is 13.0. The van der Waals surface area contributed by atoms with Crippen molar-refractivity contribution in [1.82, 2.24) is 5.32 Å². The number of carbonyl (C=O) groups excluding carboxylic acids is 1. The minimum absolute atomic E-state index is 0.260. The van der Waals surface area contributed by atoms with Crippen LogP contribution in [0.5, 0.6) is 0 Å². The third kappa shape index (κ3) is 30.5. The fourth-order valence-electron chi connectivity index (χ4n) is 7.81. The van der Waals surface area contributed by atoms with Gasteiger partial charge in [-0.15, -0.1) is 0 Å². The lowest BCUT2D eigenvalue weighted by Gasteiger charge is -2.41. The van der Waals surface area contributed by atoms with Crippen molar-refractivity contribution >= 4 is 16.3 Å². The van der Waals surface area contributed by atoms with Gasteiger partial charge in [0.2, 0.25) is 5.91 Å². The molecule has 0 saturated carbocycles. The van der Waals surface area contributed by atoms with Crippen LogP contribution in [0.3, 0.4) is 0 Å². The van der Waals surface area contributed by atoms with Crippen molar-refractivity contribution < 1.29 is 51.8 Å². The molecule has 6 N–H and O–H groups in total. The molecule has 12 nitrogen and oxygen atoms in total. The predicted octanol–water partition coefficient (Wildman–Crippen LogP) is 9.55. The van der Waals surface area contributed by atoms with E-state index in [0.717, 1.165) is 38.5 Å². The van der Waals surface area contributed by atoms with Gasteiger partial charge in [-0.25, -0.2) is 4.18 Å². The van der Waals surface area contributed by atoms with Gasteiger partial charge in [-0.3, -0.25) is 9.35 Å². The lowest BCUT2D eigenvalue weighted by molar-refractivity contribution is -0.298. The normalized spacial score (nSPS) is 21.0. The van der Waals surface area contributed by atoms with Crippen LogP contribution in [0.2, 0.25) is 0 Å². The average Bonchev–Trinajstić information content (AvgIpc) is 3.20. The summed E-state index contributed by atoms with van der Waals surface area (Å²) < 4.78 is 47.6. The van der Waals surface area contributed by atoms with Gasteiger partial charge in [-0.05, 0) is 19.3 Å². The number of rotatable bonds is 41. The first-order chi connectivity index (χ1) is 28.5. The second-order valence-corrected chi connectivity index (χ2v) is 18.1. The number of aliphatic hydroxyl groups is 4. The molecule has 1 heterocycles. The van der Waals surface area contributed by atoms with Crippen LogP contribution in [-0.4, -0.2) is 95.4 Å². The first kappa shape index (κ1) is 55.9. The van der Waals surface area contributed by atoms with E-state index in [1.54, 1.807) is 6.08 Å². The van der Waals surface area contributed by atoms with Gasteiger partial charge in [-0.1, -0.05) is 206 Å².